The molecule has 1 aliphatic rings. The second-order valence-electron chi connectivity index (χ2n) is 8.92. The molecule has 1 saturated carbocycles. The molecule has 2 aromatic rings. The maximum atomic E-state index is 12.3. The van der Waals surface area contributed by atoms with Crippen molar-refractivity contribution in [3.63, 3.8) is 0 Å². The number of anilines is 1. The van der Waals surface area contributed by atoms with Crippen molar-refractivity contribution >= 4 is 29.0 Å². The number of ether oxygens (including phenoxy) is 1. The van der Waals surface area contributed by atoms with Gasteiger partial charge < -0.3 is 35.9 Å². The smallest absolute Gasteiger partial charge is 0.407 e. The average Bonchev–Trinajstić information content (AvgIpc) is 3.13. The molecule has 0 saturated heterocycles. The third kappa shape index (κ3) is 5.62. The van der Waals surface area contributed by atoms with Crippen LogP contribution >= 0.6 is 0 Å². The summed E-state index contributed by atoms with van der Waals surface area (Å²) in [7, 11) is 0. The quantitative estimate of drug-likeness (QED) is 0.387. The number of imidazole rings is 1. The molecule has 6 N–H and O–H groups in total. The number of aromatic nitrogens is 4. The summed E-state index contributed by atoms with van der Waals surface area (Å²) in [5, 5.41) is 26.7. The van der Waals surface area contributed by atoms with Gasteiger partial charge in [0.05, 0.1) is 18.4 Å². The first-order valence-electron chi connectivity index (χ1n) is 10.6. The van der Waals surface area contributed by atoms with E-state index in [-0.39, 0.29) is 18.1 Å². The summed E-state index contributed by atoms with van der Waals surface area (Å²) in [5.74, 6) is -0.0230. The summed E-state index contributed by atoms with van der Waals surface area (Å²) in [6.45, 7) is 5.60. The zero-order valence-electron chi connectivity index (χ0n) is 18.5. The van der Waals surface area contributed by atoms with Gasteiger partial charge in [-0.1, -0.05) is 0 Å². The van der Waals surface area contributed by atoms with Gasteiger partial charge in [-0.15, -0.1) is 0 Å². The summed E-state index contributed by atoms with van der Waals surface area (Å²) in [4.78, 5) is 36.2. The van der Waals surface area contributed by atoms with Gasteiger partial charge in [0.25, 0.3) is 0 Å². The van der Waals surface area contributed by atoms with Gasteiger partial charge in [0.2, 0.25) is 5.91 Å². The average molecular weight is 450 g/mol. The zero-order valence-corrected chi connectivity index (χ0v) is 18.5. The van der Waals surface area contributed by atoms with Crippen LogP contribution in [0.15, 0.2) is 12.7 Å². The van der Waals surface area contributed by atoms with Gasteiger partial charge >= 0.3 is 6.09 Å². The molecule has 0 unspecified atom stereocenters. The predicted molar refractivity (Wildman–Crippen MR) is 115 cm³/mol. The first-order chi connectivity index (χ1) is 15.1. The molecular formula is C20H31N7O5. The summed E-state index contributed by atoms with van der Waals surface area (Å²) >= 11 is 0. The molecular weight excluding hydrogens is 418 g/mol. The van der Waals surface area contributed by atoms with Crippen LogP contribution in [0, 0.1) is 0 Å². The molecule has 0 spiro atoms. The molecule has 0 bridgehead atoms. The molecule has 3 rings (SSSR count). The normalized spacial score (nSPS) is 23.7. The standard InChI is InChI=1S/C20H31N7O5/c1-20(2,3)32-19(31)22-8-4-5-13(28)26-11-6-7-12(16(30)15(11)29)27-10-25-14-17(21)23-9-24-18(14)27/h9-12,15-16,29-30H,4-8H2,1-3H3,(H,22,31)(H,26,28)(H2,21,23,24)/t11-,12-,15-,16-/m1/s1. The summed E-state index contributed by atoms with van der Waals surface area (Å²) in [6, 6.07) is -1.04. The van der Waals surface area contributed by atoms with E-state index in [1.807, 2.05) is 0 Å². The number of hydrogen-bond donors (Lipinski definition) is 5. The zero-order chi connectivity index (χ0) is 23.5. The minimum atomic E-state index is -1.16. The number of alkyl carbamates (subject to hydrolysis) is 1. The molecule has 176 valence electrons. The fourth-order valence-electron chi connectivity index (χ4n) is 3.76. The SMILES string of the molecule is CC(C)(C)OC(=O)NCCCC(=O)N[C@@H]1CC[C@@H](n2cnc3c(N)ncnc32)[C@@H](O)[C@@H]1O. The number of rotatable bonds is 6. The van der Waals surface area contributed by atoms with Crippen molar-refractivity contribution in [3.05, 3.63) is 12.7 Å². The summed E-state index contributed by atoms with van der Waals surface area (Å²) < 4.78 is 6.82. The minimum absolute atomic E-state index is 0.168. The topological polar surface area (TPSA) is 178 Å². The van der Waals surface area contributed by atoms with Crippen molar-refractivity contribution in [2.45, 2.75) is 76.3 Å². The van der Waals surface area contributed by atoms with Crippen LogP contribution in [0.5, 0.6) is 0 Å². The van der Waals surface area contributed by atoms with Crippen molar-refractivity contribution < 1.29 is 24.5 Å². The Balaban J connectivity index is 1.49. The highest BCUT2D eigenvalue weighted by molar-refractivity contribution is 5.81. The highest BCUT2D eigenvalue weighted by Gasteiger charge is 2.39. The third-order valence-corrected chi connectivity index (χ3v) is 5.27. The van der Waals surface area contributed by atoms with Gasteiger partial charge in [0.15, 0.2) is 11.5 Å². The van der Waals surface area contributed by atoms with Crippen molar-refractivity contribution in [1.29, 1.82) is 0 Å². The van der Waals surface area contributed by atoms with Gasteiger partial charge in [-0.3, -0.25) is 4.79 Å². The molecule has 12 nitrogen and oxygen atoms in total. The Morgan fingerprint density at radius 3 is 2.69 bits per heavy atom. The Bertz CT molecular complexity index is 957. The molecule has 1 aliphatic carbocycles. The lowest BCUT2D eigenvalue weighted by molar-refractivity contribution is -0.125. The van der Waals surface area contributed by atoms with Gasteiger partial charge in [-0.05, 0) is 40.0 Å². The predicted octanol–water partition coefficient (Wildman–Crippen LogP) is 0.255. The third-order valence-electron chi connectivity index (χ3n) is 5.27. The molecule has 0 aromatic carbocycles. The molecule has 1 fully saturated rings. The van der Waals surface area contributed by atoms with E-state index in [0.29, 0.717) is 37.0 Å². The number of hydrogen-bond acceptors (Lipinski definition) is 9. The Kier molecular flexibility index (Phi) is 7.14. The van der Waals surface area contributed by atoms with E-state index < -0.39 is 36.0 Å². The van der Waals surface area contributed by atoms with E-state index in [2.05, 4.69) is 25.6 Å². The Hall–Kier alpha value is -2.99. The summed E-state index contributed by atoms with van der Waals surface area (Å²) in [6.07, 6.45) is 1.57. The van der Waals surface area contributed by atoms with Gasteiger partial charge in [-0.25, -0.2) is 19.7 Å². The lowest BCUT2D eigenvalue weighted by Gasteiger charge is -2.38. The lowest BCUT2D eigenvalue weighted by Crippen LogP contribution is -2.54. The second kappa shape index (κ2) is 9.65. The van der Waals surface area contributed by atoms with Crippen molar-refractivity contribution in [2.75, 3.05) is 12.3 Å². The van der Waals surface area contributed by atoms with Crippen molar-refractivity contribution in [1.82, 2.24) is 30.2 Å². The number of nitrogens with zero attached hydrogens (tertiary/aromatic N) is 4. The van der Waals surface area contributed by atoms with Crippen LogP contribution in [0.1, 0.15) is 52.5 Å². The van der Waals surface area contributed by atoms with E-state index in [1.54, 1.807) is 25.3 Å². The Morgan fingerprint density at radius 1 is 1.22 bits per heavy atom. The largest absolute Gasteiger partial charge is 0.444 e. The minimum Gasteiger partial charge on any atom is -0.444 e. The molecule has 12 heteroatoms. The number of carbonyl (C=O) groups is 2. The molecule has 2 heterocycles. The molecule has 2 aromatic heterocycles. The van der Waals surface area contributed by atoms with Crippen molar-refractivity contribution in [2.24, 2.45) is 0 Å². The molecule has 4 atom stereocenters. The van der Waals surface area contributed by atoms with Crippen molar-refractivity contribution in [3.8, 4) is 0 Å². The Morgan fingerprint density at radius 2 is 1.97 bits per heavy atom. The molecule has 0 aliphatic heterocycles. The molecule has 2 amide bonds. The van der Waals surface area contributed by atoms with E-state index in [4.69, 9.17) is 10.5 Å². The lowest BCUT2D eigenvalue weighted by atomic mass is 9.85. The number of fused-ring (bicyclic) bond motifs is 1. The van der Waals surface area contributed by atoms with E-state index in [9.17, 15) is 19.8 Å². The van der Waals surface area contributed by atoms with Crippen LogP contribution in [0.25, 0.3) is 11.2 Å². The second-order valence-corrected chi connectivity index (χ2v) is 8.92. The van der Waals surface area contributed by atoms with E-state index >= 15 is 0 Å². The van der Waals surface area contributed by atoms with Gasteiger partial charge in [-0.2, -0.15) is 0 Å². The van der Waals surface area contributed by atoms with Crippen LogP contribution in [-0.4, -0.2) is 72.1 Å². The van der Waals surface area contributed by atoms with Crippen LogP contribution in [0.3, 0.4) is 0 Å². The molecule has 0 radical (unpaired) electrons. The maximum Gasteiger partial charge on any atom is 0.407 e. The van der Waals surface area contributed by atoms with E-state index in [1.165, 1.54) is 12.7 Å². The van der Waals surface area contributed by atoms with E-state index in [0.717, 1.165) is 0 Å². The monoisotopic (exact) mass is 449 g/mol. The first kappa shape index (κ1) is 23.7. The number of aliphatic hydroxyl groups is 2. The van der Waals surface area contributed by atoms with Gasteiger partial charge in [0, 0.05) is 13.0 Å². The van der Waals surface area contributed by atoms with Crippen LogP contribution in [-0.2, 0) is 9.53 Å². The van der Waals surface area contributed by atoms with Gasteiger partial charge in [0.1, 0.15) is 29.7 Å². The van der Waals surface area contributed by atoms with Crippen LogP contribution < -0.4 is 16.4 Å². The van der Waals surface area contributed by atoms with Crippen LogP contribution in [0.2, 0.25) is 0 Å². The van der Waals surface area contributed by atoms with Crippen LogP contribution in [0.4, 0.5) is 10.6 Å². The first-order valence-corrected chi connectivity index (χ1v) is 10.6. The number of nitrogens with two attached hydrogens (primary N) is 1. The number of amides is 2. The fourth-order valence-corrected chi connectivity index (χ4v) is 3.76. The Labute approximate surface area is 185 Å². The number of nitrogens with one attached hydrogen (secondary N) is 2. The number of aliphatic hydroxyl groups excluding tert-OH is 2. The fraction of sp³-hybridized carbons (Fsp3) is 0.650. The molecule has 32 heavy (non-hydrogen) atoms. The highest BCUT2D eigenvalue weighted by atomic mass is 16.6. The highest BCUT2D eigenvalue weighted by Crippen LogP contribution is 2.32. The number of nitrogen functional groups attached to an aromatic ring is 1. The summed E-state index contributed by atoms with van der Waals surface area (Å²) in [5.41, 5.74) is 6.15. The maximum absolute atomic E-state index is 12.3. The number of carbonyl (C=O) groups excluding carboxylic acids is 2.